The summed E-state index contributed by atoms with van der Waals surface area (Å²) < 4.78 is 7.74. The third-order valence-corrected chi connectivity index (χ3v) is 20.1. The van der Waals surface area contributed by atoms with E-state index in [1.54, 1.807) is 0 Å². The average molecular weight is 993 g/mol. The summed E-state index contributed by atoms with van der Waals surface area (Å²) in [5.74, 6) is 0.953. The summed E-state index contributed by atoms with van der Waals surface area (Å²) in [6.45, 7) is 46.1. The van der Waals surface area contributed by atoms with Crippen LogP contribution in [0.4, 0.5) is 34.3 Å². The monoisotopic (exact) mass is 993 g/mol. The van der Waals surface area contributed by atoms with Crippen molar-refractivity contribution in [3.05, 3.63) is 147 Å². The average Bonchev–Trinajstić information content (AvgIpc) is 3.71. The molecule has 388 valence electrons. The van der Waals surface area contributed by atoms with Gasteiger partial charge < -0.3 is 9.32 Å². The van der Waals surface area contributed by atoms with Gasteiger partial charge in [-0.1, -0.05) is 173 Å². The van der Waals surface area contributed by atoms with E-state index in [1.165, 1.54) is 124 Å². The van der Waals surface area contributed by atoms with Crippen LogP contribution in [0.25, 0.3) is 22.1 Å². The van der Waals surface area contributed by atoms with Crippen LogP contribution in [0.1, 0.15) is 213 Å². The molecule has 0 saturated carbocycles. The highest BCUT2D eigenvalue weighted by Crippen LogP contribution is 2.55. The Labute approximate surface area is 452 Å². The predicted octanol–water partition coefficient (Wildman–Crippen LogP) is 18.1. The second-order valence-corrected chi connectivity index (χ2v) is 30.3. The van der Waals surface area contributed by atoms with Crippen LogP contribution in [0, 0.1) is 6.92 Å². The van der Waals surface area contributed by atoms with Crippen molar-refractivity contribution < 1.29 is 4.42 Å². The van der Waals surface area contributed by atoms with Crippen molar-refractivity contribution in [1.82, 2.24) is 0 Å². The Bertz CT molecular complexity index is 3560. The van der Waals surface area contributed by atoms with Crippen LogP contribution in [-0.2, 0) is 43.3 Å². The summed E-state index contributed by atoms with van der Waals surface area (Å²) in [6, 6.07) is 39.6. The second kappa shape index (κ2) is 15.8. The van der Waals surface area contributed by atoms with Crippen LogP contribution in [0.3, 0.4) is 0 Å². The first-order chi connectivity index (χ1) is 34.8. The van der Waals surface area contributed by atoms with Gasteiger partial charge in [0.15, 0.2) is 0 Å². The molecule has 0 unspecified atom stereocenters. The van der Waals surface area contributed by atoms with E-state index in [9.17, 15) is 0 Å². The lowest BCUT2D eigenvalue weighted by molar-refractivity contribution is 0.332. The molecule has 75 heavy (non-hydrogen) atoms. The van der Waals surface area contributed by atoms with Crippen molar-refractivity contribution in [2.45, 2.75) is 213 Å². The van der Waals surface area contributed by atoms with Crippen LogP contribution in [0.15, 0.2) is 101 Å². The van der Waals surface area contributed by atoms with Gasteiger partial charge in [0.2, 0.25) is 5.88 Å². The molecule has 0 spiro atoms. The molecule has 0 fully saturated rings. The summed E-state index contributed by atoms with van der Waals surface area (Å²) in [4.78, 5) is 5.31. The fourth-order valence-electron chi connectivity index (χ4n) is 14.8. The van der Waals surface area contributed by atoms with Gasteiger partial charge in [-0.2, -0.15) is 0 Å². The molecule has 7 aromatic rings. The summed E-state index contributed by atoms with van der Waals surface area (Å²) in [6.07, 6.45) is 6.98. The predicted molar refractivity (Wildman–Crippen MR) is 324 cm³/mol. The van der Waals surface area contributed by atoms with Crippen molar-refractivity contribution in [2.24, 2.45) is 0 Å². The van der Waals surface area contributed by atoms with Gasteiger partial charge in [-0.15, -0.1) is 0 Å². The topological polar surface area (TPSA) is 19.6 Å². The van der Waals surface area contributed by atoms with Crippen molar-refractivity contribution in [3.8, 4) is 11.1 Å². The highest BCUT2D eigenvalue weighted by atomic mass is 16.4. The molecule has 0 N–H and O–H groups in total. The Morgan fingerprint density at radius 3 is 1.56 bits per heavy atom. The van der Waals surface area contributed by atoms with E-state index in [1.807, 2.05) is 0 Å². The SMILES string of the molecule is Cc1cc2c(cc1N1c3cc(C(C)(C)C)ccc3B3c4c1cc(-c1ccccc1C(C)(C)C)cc4N(c1ccc4c(c1)C(C)(C)CCC4(C)C)c1oc4cc5c(cc4c13)C(C)(C)CCC5(C)C)C(C)(C)CCC2(C)C. The number of nitrogens with zero attached hydrogens (tertiary/aromatic N) is 2. The van der Waals surface area contributed by atoms with Gasteiger partial charge in [-0.05, 0) is 209 Å². The largest absolute Gasteiger partial charge is 0.440 e. The molecule has 0 amide bonds. The molecule has 5 aliphatic rings. The molecular weight excluding hydrogens is 908 g/mol. The number of anilines is 6. The minimum Gasteiger partial charge on any atom is -0.440 e. The van der Waals surface area contributed by atoms with E-state index in [4.69, 9.17) is 4.42 Å². The number of hydrogen-bond donors (Lipinski definition) is 0. The minimum atomic E-state index is -0.0891. The first kappa shape index (κ1) is 50.3. The highest BCUT2D eigenvalue weighted by molar-refractivity contribution is 7.01. The number of aryl methyl sites for hydroxylation is 1. The standard InChI is InChI=1S/C71H85BN2O/c1-42-34-50-53(70(16,17)32-30-67(50,10)11)40-56(42)74-57-37-44(64(2,3)4)24-27-55(57)72-61-47-39-52-54(71(18,19)33-31-69(52,14)15)41-60(47)75-63(61)73(45-25-26-49-51(38-45)68(12,13)29-28-66(49,8)9)58-35-43(36-59(74)62(58)72)46-22-20-21-23-48(46)65(5,6)7/h20-27,34-41H,28-33H2,1-19H3. The molecule has 1 aromatic heterocycles. The minimum absolute atomic E-state index is 0.0197. The third-order valence-electron chi connectivity index (χ3n) is 20.1. The van der Waals surface area contributed by atoms with Crippen molar-refractivity contribution in [3.63, 3.8) is 0 Å². The Morgan fingerprint density at radius 1 is 0.453 bits per heavy atom. The van der Waals surface area contributed by atoms with E-state index in [0.29, 0.717) is 0 Å². The maximum absolute atomic E-state index is 7.74. The Kier molecular flexibility index (Phi) is 10.6. The zero-order chi connectivity index (χ0) is 53.7. The van der Waals surface area contributed by atoms with Crippen LogP contribution in [0.2, 0.25) is 0 Å². The molecule has 3 aliphatic carbocycles. The highest BCUT2D eigenvalue weighted by Gasteiger charge is 2.50. The molecule has 2 aliphatic heterocycles. The molecule has 0 saturated heterocycles. The zero-order valence-corrected chi connectivity index (χ0v) is 49.4. The van der Waals surface area contributed by atoms with E-state index < -0.39 is 0 Å². The molecule has 0 atom stereocenters. The third kappa shape index (κ3) is 7.54. The summed E-state index contributed by atoms with van der Waals surface area (Å²) in [5, 5.41) is 1.25. The smallest absolute Gasteiger partial charge is 0.257 e. The molecule has 4 heteroatoms. The molecule has 12 rings (SSSR count). The number of fused-ring (bicyclic) bond motifs is 9. The van der Waals surface area contributed by atoms with E-state index in [0.717, 1.165) is 37.2 Å². The van der Waals surface area contributed by atoms with Gasteiger partial charge in [0.05, 0.1) is 0 Å². The molecule has 0 bridgehead atoms. The Morgan fingerprint density at radius 2 is 0.973 bits per heavy atom. The molecular formula is C71H85BN2O. The lowest BCUT2D eigenvalue weighted by atomic mass is 9.33. The lowest BCUT2D eigenvalue weighted by Gasteiger charge is -2.46. The van der Waals surface area contributed by atoms with Crippen LogP contribution < -0.4 is 26.2 Å². The van der Waals surface area contributed by atoms with Gasteiger partial charge in [0.1, 0.15) is 5.58 Å². The number of rotatable bonds is 3. The van der Waals surface area contributed by atoms with Crippen LogP contribution in [0.5, 0.6) is 0 Å². The van der Waals surface area contributed by atoms with E-state index in [-0.39, 0.29) is 50.0 Å². The van der Waals surface area contributed by atoms with Gasteiger partial charge in [0.25, 0.3) is 6.71 Å². The summed E-state index contributed by atoms with van der Waals surface area (Å²) in [5.41, 5.74) is 26.6. The zero-order valence-electron chi connectivity index (χ0n) is 49.4. The van der Waals surface area contributed by atoms with Gasteiger partial charge in [-0.25, -0.2) is 0 Å². The van der Waals surface area contributed by atoms with E-state index in [2.05, 4.69) is 238 Å². The number of furan rings is 1. The Balaban J connectivity index is 1.26. The molecule has 0 radical (unpaired) electrons. The van der Waals surface area contributed by atoms with Crippen molar-refractivity contribution >= 4 is 68.4 Å². The van der Waals surface area contributed by atoms with Gasteiger partial charge in [-0.3, -0.25) is 4.90 Å². The van der Waals surface area contributed by atoms with Crippen molar-refractivity contribution in [1.29, 1.82) is 0 Å². The van der Waals surface area contributed by atoms with Gasteiger partial charge >= 0.3 is 0 Å². The number of hydrogen-bond acceptors (Lipinski definition) is 3. The molecule has 6 aromatic carbocycles. The molecule has 3 heterocycles. The van der Waals surface area contributed by atoms with Crippen LogP contribution >= 0.6 is 0 Å². The number of benzene rings is 6. The van der Waals surface area contributed by atoms with Gasteiger partial charge in [0, 0.05) is 39.3 Å². The normalized spacial score (nSPS) is 20.2. The lowest BCUT2D eigenvalue weighted by Crippen LogP contribution is -2.61. The summed E-state index contributed by atoms with van der Waals surface area (Å²) >= 11 is 0. The maximum Gasteiger partial charge on any atom is 0.257 e. The van der Waals surface area contributed by atoms with Crippen LogP contribution in [-0.4, -0.2) is 6.71 Å². The van der Waals surface area contributed by atoms with Crippen molar-refractivity contribution in [2.75, 3.05) is 9.80 Å². The van der Waals surface area contributed by atoms with E-state index >= 15 is 0 Å². The fourth-order valence-corrected chi connectivity index (χ4v) is 14.8. The fraction of sp³-hybridized carbons (Fsp3) is 0.465. The first-order valence-corrected chi connectivity index (χ1v) is 28.8. The quantitative estimate of drug-likeness (QED) is 0.165. The second-order valence-electron chi connectivity index (χ2n) is 30.3. The summed E-state index contributed by atoms with van der Waals surface area (Å²) in [7, 11) is 0. The maximum atomic E-state index is 7.74. The Hall–Kier alpha value is -5.48. The molecule has 3 nitrogen and oxygen atoms in total. The first-order valence-electron chi connectivity index (χ1n) is 28.8.